The van der Waals surface area contributed by atoms with E-state index in [0.717, 1.165) is 17.7 Å². The molecule has 1 aromatic heterocycles. The second kappa shape index (κ2) is 6.53. The zero-order valence-electron chi connectivity index (χ0n) is 16.9. The van der Waals surface area contributed by atoms with Crippen LogP contribution >= 0.6 is 11.3 Å². The van der Waals surface area contributed by atoms with E-state index >= 15 is 0 Å². The van der Waals surface area contributed by atoms with Crippen LogP contribution in [0.4, 0.5) is 4.79 Å². The van der Waals surface area contributed by atoms with Gasteiger partial charge in [-0.25, -0.2) is 4.79 Å². The third kappa shape index (κ3) is 3.95. The quantitative estimate of drug-likeness (QED) is 0.734. The number of ether oxygens (including phenoxy) is 1. The summed E-state index contributed by atoms with van der Waals surface area (Å²) in [5.41, 5.74) is 0.137. The summed E-state index contributed by atoms with van der Waals surface area (Å²) in [4.78, 5) is 14.1. The zero-order chi connectivity index (χ0) is 19.3. The fourth-order valence-corrected chi connectivity index (χ4v) is 4.13. The highest BCUT2D eigenvalue weighted by molar-refractivity contribution is 7.20. The fraction of sp³-hybridized carbons (Fsp3) is 0.737. The van der Waals surface area contributed by atoms with Gasteiger partial charge in [0.1, 0.15) is 5.60 Å². The van der Waals surface area contributed by atoms with E-state index in [1.54, 1.807) is 11.3 Å². The Bertz CT molecular complexity index is 663. The lowest BCUT2D eigenvalue weighted by Gasteiger charge is -2.32. The third-order valence-corrected chi connectivity index (χ3v) is 6.41. The molecule has 2 aliphatic heterocycles. The van der Waals surface area contributed by atoms with Crippen molar-refractivity contribution < 1.29 is 18.8 Å². The van der Waals surface area contributed by atoms with Crippen molar-refractivity contribution in [2.45, 2.75) is 77.6 Å². The molecule has 1 amide bonds. The molecule has 1 atom stereocenters. The van der Waals surface area contributed by atoms with Gasteiger partial charge in [-0.2, -0.15) is 11.3 Å². The SMILES string of the molecule is CC(C)(C)OC(=O)N1CCC(c2csc(B3OC(C)(C)C(C)(C)O3)c2)C1. The molecule has 0 aliphatic carbocycles. The molecule has 0 saturated carbocycles. The Morgan fingerprint density at radius 2 is 1.88 bits per heavy atom. The molecule has 0 aromatic carbocycles. The maximum Gasteiger partial charge on any atom is 0.505 e. The van der Waals surface area contributed by atoms with Gasteiger partial charge in [0.05, 0.1) is 11.2 Å². The summed E-state index contributed by atoms with van der Waals surface area (Å²) in [6.45, 7) is 15.4. The normalized spacial score (nSPS) is 25.0. The van der Waals surface area contributed by atoms with Crippen molar-refractivity contribution in [2.24, 2.45) is 0 Å². The van der Waals surface area contributed by atoms with E-state index in [1.165, 1.54) is 5.56 Å². The molecule has 144 valence electrons. The molecular formula is C19H30BNO4S. The largest absolute Gasteiger partial charge is 0.505 e. The third-order valence-electron chi connectivity index (χ3n) is 5.44. The van der Waals surface area contributed by atoms with Crippen LogP contribution < -0.4 is 4.78 Å². The molecular weight excluding hydrogens is 349 g/mol. The Hall–Kier alpha value is -1.05. The second-order valence-electron chi connectivity index (χ2n) is 9.28. The van der Waals surface area contributed by atoms with Gasteiger partial charge in [-0.3, -0.25) is 0 Å². The van der Waals surface area contributed by atoms with Gasteiger partial charge < -0.3 is 18.9 Å². The highest BCUT2D eigenvalue weighted by Crippen LogP contribution is 2.37. The Balaban J connectivity index is 1.64. The number of likely N-dealkylation sites (tertiary alicyclic amines) is 1. The van der Waals surface area contributed by atoms with E-state index < -0.39 is 5.60 Å². The van der Waals surface area contributed by atoms with Crippen LogP contribution in [0.1, 0.15) is 66.4 Å². The van der Waals surface area contributed by atoms with E-state index in [4.69, 9.17) is 14.0 Å². The monoisotopic (exact) mass is 379 g/mol. The van der Waals surface area contributed by atoms with Gasteiger partial charge in [0.15, 0.2) is 0 Å². The summed E-state index contributed by atoms with van der Waals surface area (Å²) >= 11 is 1.67. The van der Waals surface area contributed by atoms with E-state index in [1.807, 2.05) is 25.7 Å². The lowest BCUT2D eigenvalue weighted by Crippen LogP contribution is -2.41. The zero-order valence-corrected chi connectivity index (χ0v) is 17.7. The molecule has 3 rings (SSSR count). The van der Waals surface area contributed by atoms with E-state index in [2.05, 4.69) is 39.1 Å². The molecule has 5 nitrogen and oxygen atoms in total. The minimum absolute atomic E-state index is 0.221. The first-order chi connectivity index (χ1) is 11.9. The first kappa shape index (κ1) is 19.7. The first-order valence-corrected chi connectivity index (χ1v) is 10.2. The van der Waals surface area contributed by atoms with Crippen LogP contribution in [0.3, 0.4) is 0 Å². The number of amides is 1. The lowest BCUT2D eigenvalue weighted by atomic mass is 9.86. The van der Waals surface area contributed by atoms with E-state index in [-0.39, 0.29) is 24.4 Å². The summed E-state index contributed by atoms with van der Waals surface area (Å²) in [7, 11) is -0.317. The predicted molar refractivity (Wildman–Crippen MR) is 105 cm³/mol. The lowest BCUT2D eigenvalue weighted by molar-refractivity contribution is 0.00578. The molecule has 7 heteroatoms. The smallest absolute Gasteiger partial charge is 0.444 e. The molecule has 3 heterocycles. The van der Waals surface area contributed by atoms with Gasteiger partial charge in [0.25, 0.3) is 0 Å². The number of carbonyl (C=O) groups is 1. The minimum atomic E-state index is -0.457. The average molecular weight is 379 g/mol. The molecule has 0 bridgehead atoms. The molecule has 0 spiro atoms. The van der Waals surface area contributed by atoms with Crippen LogP contribution in [0, 0.1) is 0 Å². The Labute approximate surface area is 161 Å². The molecule has 1 aromatic rings. The average Bonchev–Trinajstić information content (AvgIpc) is 3.16. The van der Waals surface area contributed by atoms with Gasteiger partial charge in [0.2, 0.25) is 0 Å². The van der Waals surface area contributed by atoms with Gasteiger partial charge in [0, 0.05) is 23.8 Å². The number of hydrogen-bond donors (Lipinski definition) is 0. The molecule has 2 aliphatic rings. The molecule has 1 unspecified atom stereocenters. The summed E-state index contributed by atoms with van der Waals surface area (Å²) < 4.78 is 18.9. The maximum absolute atomic E-state index is 12.3. The van der Waals surface area contributed by atoms with Gasteiger partial charge in [-0.15, -0.1) is 0 Å². The van der Waals surface area contributed by atoms with Crippen LogP contribution in [-0.2, 0) is 14.0 Å². The van der Waals surface area contributed by atoms with Crippen molar-refractivity contribution in [1.82, 2.24) is 4.90 Å². The van der Waals surface area contributed by atoms with Crippen LogP contribution in [0.5, 0.6) is 0 Å². The summed E-state index contributed by atoms with van der Waals surface area (Å²) in [5, 5.41) is 2.17. The predicted octanol–water partition coefficient (Wildman–Crippen LogP) is 3.77. The molecule has 26 heavy (non-hydrogen) atoms. The summed E-state index contributed by atoms with van der Waals surface area (Å²) in [5.74, 6) is 0.343. The number of carbonyl (C=O) groups excluding carboxylic acids is 1. The number of nitrogens with zero attached hydrogens (tertiary/aromatic N) is 1. The first-order valence-electron chi connectivity index (χ1n) is 9.30. The Kier molecular flexibility index (Phi) is 4.95. The Morgan fingerprint density at radius 1 is 1.27 bits per heavy atom. The standard InChI is InChI=1S/C19H30BNO4S/c1-17(2,3)23-16(22)21-9-8-13(11-21)14-10-15(26-12-14)20-24-18(4,5)19(6,7)25-20/h10,12-13H,8-9,11H2,1-7H3. The molecule has 0 N–H and O–H groups in total. The van der Waals surface area contributed by atoms with Crippen LogP contribution in [0.15, 0.2) is 11.4 Å². The Morgan fingerprint density at radius 3 is 2.46 bits per heavy atom. The number of hydrogen-bond acceptors (Lipinski definition) is 5. The van der Waals surface area contributed by atoms with Crippen molar-refractivity contribution in [2.75, 3.05) is 13.1 Å². The number of thiophene rings is 1. The highest BCUT2D eigenvalue weighted by Gasteiger charge is 2.52. The molecule has 2 saturated heterocycles. The molecule has 0 radical (unpaired) electrons. The van der Waals surface area contributed by atoms with Crippen LogP contribution in [0.2, 0.25) is 0 Å². The van der Waals surface area contributed by atoms with Crippen molar-refractivity contribution in [1.29, 1.82) is 0 Å². The summed E-state index contributed by atoms with van der Waals surface area (Å²) in [6.07, 6.45) is 0.736. The second-order valence-corrected chi connectivity index (χ2v) is 10.2. The number of rotatable bonds is 2. The van der Waals surface area contributed by atoms with Crippen molar-refractivity contribution in [3.8, 4) is 0 Å². The fourth-order valence-electron chi connectivity index (χ4n) is 3.19. The summed E-state index contributed by atoms with van der Waals surface area (Å²) in [6, 6.07) is 2.18. The van der Waals surface area contributed by atoms with Crippen LogP contribution in [0.25, 0.3) is 0 Å². The van der Waals surface area contributed by atoms with Gasteiger partial charge in [-0.05, 0) is 71.9 Å². The maximum atomic E-state index is 12.3. The van der Waals surface area contributed by atoms with E-state index in [0.29, 0.717) is 12.5 Å². The van der Waals surface area contributed by atoms with Gasteiger partial charge >= 0.3 is 13.2 Å². The highest BCUT2D eigenvalue weighted by atomic mass is 32.1. The minimum Gasteiger partial charge on any atom is -0.444 e. The van der Waals surface area contributed by atoms with Crippen LogP contribution in [-0.4, -0.2) is 48.0 Å². The van der Waals surface area contributed by atoms with Crippen molar-refractivity contribution in [3.05, 3.63) is 17.0 Å². The van der Waals surface area contributed by atoms with Gasteiger partial charge in [-0.1, -0.05) is 0 Å². The van der Waals surface area contributed by atoms with Crippen molar-refractivity contribution >= 4 is 29.3 Å². The molecule has 2 fully saturated rings. The van der Waals surface area contributed by atoms with Crippen molar-refractivity contribution in [3.63, 3.8) is 0 Å². The topological polar surface area (TPSA) is 48.0 Å². The van der Waals surface area contributed by atoms with E-state index in [9.17, 15) is 4.79 Å².